The van der Waals surface area contributed by atoms with Crippen molar-refractivity contribution in [2.75, 3.05) is 11.9 Å². The van der Waals surface area contributed by atoms with Crippen molar-refractivity contribution in [2.24, 2.45) is 0 Å². The summed E-state index contributed by atoms with van der Waals surface area (Å²) in [4.78, 5) is 28.8. The number of aromatic nitrogens is 1. The summed E-state index contributed by atoms with van der Waals surface area (Å²) >= 11 is 0. The fourth-order valence-corrected chi connectivity index (χ4v) is 2.90. The molecule has 3 aromatic rings. The second-order valence-corrected chi connectivity index (χ2v) is 6.71. The number of carbonyl (C=O) groups is 2. The van der Waals surface area contributed by atoms with Gasteiger partial charge in [-0.05, 0) is 36.1 Å². The Kier molecular flexibility index (Phi) is 5.50. The first-order chi connectivity index (χ1) is 13.0. The quantitative estimate of drug-likeness (QED) is 0.680. The first kappa shape index (κ1) is 18.6. The topological polar surface area (TPSA) is 68.3 Å². The average molecular weight is 362 g/mol. The predicted octanol–water partition coefficient (Wildman–Crippen LogP) is 4.46. The van der Waals surface area contributed by atoms with E-state index < -0.39 is 5.97 Å². The smallest absolute Gasteiger partial charge is 0.357 e. The zero-order valence-electron chi connectivity index (χ0n) is 15.7. The summed E-state index contributed by atoms with van der Waals surface area (Å²) < 4.78 is 5.14. The van der Waals surface area contributed by atoms with E-state index in [9.17, 15) is 9.59 Å². The van der Waals surface area contributed by atoms with Gasteiger partial charge in [-0.1, -0.05) is 56.3 Å². The van der Waals surface area contributed by atoms with E-state index in [0.717, 1.165) is 22.2 Å². The summed E-state index contributed by atoms with van der Waals surface area (Å²) in [7, 11) is 0. The molecule has 0 aliphatic rings. The molecule has 0 bridgehead atoms. The number of nitrogens with zero attached hydrogens (tertiary/aromatic N) is 1. The highest BCUT2D eigenvalue weighted by Crippen LogP contribution is 2.27. The first-order valence-electron chi connectivity index (χ1n) is 8.88. The Balaban J connectivity index is 1.66. The van der Waals surface area contributed by atoms with Gasteiger partial charge in [-0.2, -0.15) is 0 Å². The van der Waals surface area contributed by atoms with E-state index in [2.05, 4.69) is 24.1 Å². The summed E-state index contributed by atoms with van der Waals surface area (Å²) in [5.41, 5.74) is 3.68. The normalized spacial score (nSPS) is 10.8. The number of ether oxygens (including phenoxy) is 1. The molecule has 0 saturated heterocycles. The molecular weight excluding hydrogens is 340 g/mol. The third kappa shape index (κ3) is 4.31. The van der Waals surface area contributed by atoms with Crippen LogP contribution in [-0.4, -0.2) is 23.5 Å². The molecule has 0 aliphatic carbocycles. The maximum Gasteiger partial charge on any atom is 0.357 e. The number of para-hydroxylation sites is 2. The molecule has 5 nitrogen and oxygen atoms in total. The Morgan fingerprint density at radius 3 is 2.59 bits per heavy atom. The van der Waals surface area contributed by atoms with Gasteiger partial charge in [0, 0.05) is 11.1 Å². The number of rotatable bonds is 5. The van der Waals surface area contributed by atoms with E-state index in [1.54, 1.807) is 12.1 Å². The number of fused-ring (bicyclic) bond motifs is 1. The minimum Gasteiger partial charge on any atom is -0.451 e. The maximum absolute atomic E-state index is 12.3. The van der Waals surface area contributed by atoms with Crippen molar-refractivity contribution in [1.29, 1.82) is 0 Å². The molecule has 1 aromatic heterocycles. The zero-order valence-corrected chi connectivity index (χ0v) is 15.7. The van der Waals surface area contributed by atoms with E-state index in [1.165, 1.54) is 0 Å². The van der Waals surface area contributed by atoms with Crippen LogP contribution >= 0.6 is 0 Å². The summed E-state index contributed by atoms with van der Waals surface area (Å²) in [6.45, 7) is 5.71. The predicted molar refractivity (Wildman–Crippen MR) is 106 cm³/mol. The van der Waals surface area contributed by atoms with E-state index in [1.807, 2.05) is 49.4 Å². The lowest BCUT2D eigenvalue weighted by Crippen LogP contribution is -2.22. The molecule has 0 radical (unpaired) electrons. The number of esters is 1. The molecule has 1 N–H and O–H groups in total. The van der Waals surface area contributed by atoms with Crippen LogP contribution in [0.5, 0.6) is 0 Å². The number of benzene rings is 2. The van der Waals surface area contributed by atoms with Crippen LogP contribution in [0.2, 0.25) is 0 Å². The summed E-state index contributed by atoms with van der Waals surface area (Å²) in [6, 6.07) is 16.8. The standard InChI is InChI=1S/C22H22N2O3/c1-14(2)17-9-6-7-15(3)21(17)24-20(25)13-27-22(26)19-12-11-16-8-4-5-10-18(16)23-19/h4-12,14H,13H2,1-3H3,(H,24,25). The van der Waals surface area contributed by atoms with Gasteiger partial charge in [-0.15, -0.1) is 0 Å². The first-order valence-corrected chi connectivity index (χ1v) is 8.88. The van der Waals surface area contributed by atoms with E-state index in [0.29, 0.717) is 5.52 Å². The van der Waals surface area contributed by atoms with Gasteiger partial charge in [0.05, 0.1) is 5.52 Å². The molecule has 3 rings (SSSR count). The van der Waals surface area contributed by atoms with Crippen molar-refractivity contribution in [3.63, 3.8) is 0 Å². The summed E-state index contributed by atoms with van der Waals surface area (Å²) in [6.07, 6.45) is 0. The molecule has 5 heteroatoms. The minimum absolute atomic E-state index is 0.181. The number of nitrogens with one attached hydrogen (secondary N) is 1. The Morgan fingerprint density at radius 1 is 1.04 bits per heavy atom. The van der Waals surface area contributed by atoms with Gasteiger partial charge in [0.25, 0.3) is 5.91 Å². The molecular formula is C22H22N2O3. The molecule has 2 aromatic carbocycles. The second kappa shape index (κ2) is 7.99. The highest BCUT2D eigenvalue weighted by Gasteiger charge is 2.15. The van der Waals surface area contributed by atoms with Crippen LogP contribution < -0.4 is 5.32 Å². The number of amides is 1. The summed E-state index contributed by atoms with van der Waals surface area (Å²) in [5.74, 6) is -0.727. The number of carbonyl (C=O) groups excluding carboxylic acids is 2. The van der Waals surface area contributed by atoms with Crippen molar-refractivity contribution in [1.82, 2.24) is 4.98 Å². The third-order valence-electron chi connectivity index (χ3n) is 4.33. The molecule has 138 valence electrons. The lowest BCUT2D eigenvalue weighted by molar-refractivity contribution is -0.119. The van der Waals surface area contributed by atoms with Crippen molar-refractivity contribution in [2.45, 2.75) is 26.7 Å². The third-order valence-corrected chi connectivity index (χ3v) is 4.33. The number of anilines is 1. The SMILES string of the molecule is Cc1cccc(C(C)C)c1NC(=O)COC(=O)c1ccc2ccccc2n1. The molecule has 0 unspecified atom stereocenters. The molecule has 1 heterocycles. The van der Waals surface area contributed by atoms with Crippen molar-refractivity contribution in [3.05, 3.63) is 71.4 Å². The highest BCUT2D eigenvalue weighted by molar-refractivity contribution is 5.96. The average Bonchev–Trinajstić information content (AvgIpc) is 2.67. The molecule has 27 heavy (non-hydrogen) atoms. The molecule has 0 spiro atoms. The molecule has 0 saturated carbocycles. The fourth-order valence-electron chi connectivity index (χ4n) is 2.90. The Bertz CT molecular complexity index is 996. The zero-order chi connectivity index (χ0) is 19.4. The number of pyridine rings is 1. The van der Waals surface area contributed by atoms with Crippen LogP contribution in [0, 0.1) is 6.92 Å². The number of aryl methyl sites for hydroxylation is 1. The van der Waals surface area contributed by atoms with Crippen LogP contribution in [-0.2, 0) is 9.53 Å². The second-order valence-electron chi connectivity index (χ2n) is 6.71. The van der Waals surface area contributed by atoms with Gasteiger partial charge in [0.2, 0.25) is 0 Å². The molecule has 0 aliphatic heterocycles. The van der Waals surface area contributed by atoms with E-state index in [4.69, 9.17) is 4.74 Å². The van der Waals surface area contributed by atoms with Gasteiger partial charge in [-0.3, -0.25) is 4.79 Å². The maximum atomic E-state index is 12.3. The number of hydrogen-bond acceptors (Lipinski definition) is 4. The number of hydrogen-bond donors (Lipinski definition) is 1. The monoisotopic (exact) mass is 362 g/mol. The van der Waals surface area contributed by atoms with Crippen LogP contribution in [0.25, 0.3) is 10.9 Å². The lowest BCUT2D eigenvalue weighted by atomic mass is 9.98. The van der Waals surface area contributed by atoms with Crippen molar-refractivity contribution < 1.29 is 14.3 Å². The minimum atomic E-state index is -0.621. The van der Waals surface area contributed by atoms with Crippen molar-refractivity contribution in [3.8, 4) is 0 Å². The van der Waals surface area contributed by atoms with Gasteiger partial charge >= 0.3 is 5.97 Å². The van der Waals surface area contributed by atoms with Crippen LogP contribution in [0.15, 0.2) is 54.6 Å². The highest BCUT2D eigenvalue weighted by atomic mass is 16.5. The lowest BCUT2D eigenvalue weighted by Gasteiger charge is -2.16. The van der Waals surface area contributed by atoms with Gasteiger partial charge in [0.1, 0.15) is 5.69 Å². The molecule has 0 fully saturated rings. The van der Waals surface area contributed by atoms with Crippen LogP contribution in [0.4, 0.5) is 5.69 Å². The molecule has 0 atom stereocenters. The van der Waals surface area contributed by atoms with Crippen LogP contribution in [0.3, 0.4) is 0 Å². The van der Waals surface area contributed by atoms with E-state index >= 15 is 0 Å². The Hall–Kier alpha value is -3.21. The Morgan fingerprint density at radius 2 is 1.81 bits per heavy atom. The Labute approximate surface area is 158 Å². The van der Waals surface area contributed by atoms with Gasteiger partial charge in [-0.25, -0.2) is 9.78 Å². The van der Waals surface area contributed by atoms with E-state index in [-0.39, 0.29) is 24.1 Å². The fraction of sp³-hybridized carbons (Fsp3) is 0.227. The van der Waals surface area contributed by atoms with Gasteiger partial charge in [0.15, 0.2) is 6.61 Å². The van der Waals surface area contributed by atoms with Crippen molar-refractivity contribution >= 4 is 28.5 Å². The largest absolute Gasteiger partial charge is 0.451 e. The van der Waals surface area contributed by atoms with Crippen LogP contribution in [0.1, 0.15) is 41.4 Å². The molecule has 1 amide bonds. The van der Waals surface area contributed by atoms with Gasteiger partial charge < -0.3 is 10.1 Å². The summed E-state index contributed by atoms with van der Waals surface area (Å²) in [5, 5.41) is 3.80.